The highest BCUT2D eigenvalue weighted by atomic mass is 32.2. The topological polar surface area (TPSA) is 64.0 Å². The van der Waals surface area contributed by atoms with Crippen LogP contribution in [0, 0.1) is 6.92 Å². The lowest BCUT2D eigenvalue weighted by atomic mass is 10.1. The van der Waals surface area contributed by atoms with Gasteiger partial charge in [0.05, 0.1) is 6.04 Å². The Balaban J connectivity index is 1.60. The van der Waals surface area contributed by atoms with E-state index in [9.17, 15) is 9.59 Å². The van der Waals surface area contributed by atoms with E-state index < -0.39 is 0 Å². The van der Waals surface area contributed by atoms with Gasteiger partial charge < -0.3 is 5.32 Å². The third-order valence-corrected chi connectivity index (χ3v) is 4.76. The quantitative estimate of drug-likeness (QED) is 0.875. The van der Waals surface area contributed by atoms with Gasteiger partial charge in [-0.25, -0.2) is 4.98 Å². The third kappa shape index (κ3) is 3.22. The summed E-state index contributed by atoms with van der Waals surface area (Å²) in [5.41, 5.74) is 2.17. The van der Waals surface area contributed by atoms with Crippen LogP contribution >= 0.6 is 11.8 Å². The minimum Gasteiger partial charge on any atom is -0.352 e. The van der Waals surface area contributed by atoms with Gasteiger partial charge >= 0.3 is 0 Å². The number of nitrogens with one attached hydrogen (secondary N) is 1. The van der Waals surface area contributed by atoms with Crippen LogP contribution in [0.15, 0.2) is 46.5 Å². The predicted octanol–water partition coefficient (Wildman–Crippen LogP) is 1.91. The van der Waals surface area contributed by atoms with Crippen LogP contribution in [0.5, 0.6) is 0 Å². The summed E-state index contributed by atoms with van der Waals surface area (Å²) < 4.78 is 1.62. The van der Waals surface area contributed by atoms with Crippen LogP contribution in [-0.4, -0.2) is 21.2 Å². The molecule has 3 rings (SSSR count). The van der Waals surface area contributed by atoms with Gasteiger partial charge in [0.2, 0.25) is 5.91 Å². The van der Waals surface area contributed by atoms with Crippen molar-refractivity contribution in [3.63, 3.8) is 0 Å². The standard InChI is InChI=1S/C16H17N3O2S/c1-11-2-4-12(5-3-11)9-18-14(20)8-13-10-22-16-17-7-6-15(21)19(13)16/h2-7,13H,8-10H2,1H3,(H,18,20). The van der Waals surface area contributed by atoms with Gasteiger partial charge in [0.25, 0.3) is 5.56 Å². The van der Waals surface area contributed by atoms with Crippen molar-refractivity contribution >= 4 is 17.7 Å². The molecule has 1 aliphatic rings. The van der Waals surface area contributed by atoms with Crippen molar-refractivity contribution in [2.45, 2.75) is 31.1 Å². The summed E-state index contributed by atoms with van der Waals surface area (Å²) >= 11 is 1.52. The Labute approximate surface area is 132 Å². The van der Waals surface area contributed by atoms with Crippen molar-refractivity contribution in [3.05, 3.63) is 58.0 Å². The number of rotatable bonds is 4. The van der Waals surface area contributed by atoms with Crippen molar-refractivity contribution in [2.75, 3.05) is 5.75 Å². The fourth-order valence-electron chi connectivity index (χ4n) is 2.43. The highest BCUT2D eigenvalue weighted by Crippen LogP contribution is 2.31. The van der Waals surface area contributed by atoms with E-state index in [1.807, 2.05) is 31.2 Å². The summed E-state index contributed by atoms with van der Waals surface area (Å²) in [7, 11) is 0. The number of carbonyl (C=O) groups is 1. The molecule has 0 aliphatic carbocycles. The van der Waals surface area contributed by atoms with E-state index in [1.165, 1.54) is 29.6 Å². The normalized spacial score (nSPS) is 16.3. The Kier molecular flexibility index (Phi) is 4.29. The predicted molar refractivity (Wildman–Crippen MR) is 85.9 cm³/mol. The van der Waals surface area contributed by atoms with Crippen LogP contribution in [0.2, 0.25) is 0 Å². The van der Waals surface area contributed by atoms with Gasteiger partial charge in [-0.2, -0.15) is 0 Å². The van der Waals surface area contributed by atoms with Crippen molar-refractivity contribution < 1.29 is 4.79 Å². The van der Waals surface area contributed by atoms with Crippen molar-refractivity contribution in [3.8, 4) is 0 Å². The van der Waals surface area contributed by atoms with Crippen LogP contribution in [-0.2, 0) is 11.3 Å². The highest BCUT2D eigenvalue weighted by molar-refractivity contribution is 7.99. The molecule has 114 valence electrons. The summed E-state index contributed by atoms with van der Waals surface area (Å²) in [5.74, 6) is 0.666. The minimum absolute atomic E-state index is 0.0465. The zero-order valence-corrected chi connectivity index (χ0v) is 13.1. The maximum absolute atomic E-state index is 12.1. The lowest BCUT2D eigenvalue weighted by molar-refractivity contribution is -0.121. The van der Waals surface area contributed by atoms with Crippen molar-refractivity contribution in [2.24, 2.45) is 0 Å². The third-order valence-electron chi connectivity index (χ3n) is 3.65. The lowest BCUT2D eigenvalue weighted by Gasteiger charge is -2.13. The van der Waals surface area contributed by atoms with Gasteiger partial charge in [-0.15, -0.1) is 0 Å². The van der Waals surface area contributed by atoms with Crippen molar-refractivity contribution in [1.29, 1.82) is 0 Å². The van der Waals surface area contributed by atoms with Gasteiger partial charge in [0.1, 0.15) is 0 Å². The molecule has 1 aliphatic heterocycles. The fourth-order valence-corrected chi connectivity index (χ4v) is 3.55. The Morgan fingerprint density at radius 1 is 1.36 bits per heavy atom. The van der Waals surface area contributed by atoms with E-state index in [-0.39, 0.29) is 17.5 Å². The number of fused-ring (bicyclic) bond motifs is 1. The summed E-state index contributed by atoms with van der Waals surface area (Å²) in [6.45, 7) is 2.54. The summed E-state index contributed by atoms with van der Waals surface area (Å²) in [6, 6.07) is 9.38. The summed E-state index contributed by atoms with van der Waals surface area (Å²) in [6.07, 6.45) is 1.82. The number of benzene rings is 1. The van der Waals surface area contributed by atoms with Gasteiger partial charge in [-0.3, -0.25) is 14.2 Å². The number of carbonyl (C=O) groups excluding carboxylic acids is 1. The number of amides is 1. The molecule has 22 heavy (non-hydrogen) atoms. The lowest BCUT2D eigenvalue weighted by Crippen LogP contribution is -2.30. The first kappa shape index (κ1) is 14.8. The molecule has 2 heterocycles. The number of hydrogen-bond donors (Lipinski definition) is 1. The van der Waals surface area contributed by atoms with Crippen molar-refractivity contribution in [1.82, 2.24) is 14.9 Å². The SMILES string of the molecule is Cc1ccc(CNC(=O)CC2CSc3nccc(=O)n32)cc1. The first-order valence-corrected chi connectivity index (χ1v) is 8.14. The molecular weight excluding hydrogens is 298 g/mol. The molecule has 1 aromatic carbocycles. The Morgan fingerprint density at radius 3 is 2.91 bits per heavy atom. The van der Waals surface area contributed by atoms with Crippen LogP contribution in [0.25, 0.3) is 0 Å². The highest BCUT2D eigenvalue weighted by Gasteiger charge is 2.26. The monoisotopic (exact) mass is 315 g/mol. The average Bonchev–Trinajstić information content (AvgIpc) is 2.91. The Bertz CT molecular complexity index is 740. The molecular formula is C16H17N3O2S. The van der Waals surface area contributed by atoms with E-state index in [4.69, 9.17) is 0 Å². The maximum Gasteiger partial charge on any atom is 0.254 e. The Hall–Kier alpha value is -2.08. The number of aryl methyl sites for hydroxylation is 1. The number of hydrogen-bond acceptors (Lipinski definition) is 4. The van der Waals surface area contributed by atoms with E-state index in [0.717, 1.165) is 5.56 Å². The van der Waals surface area contributed by atoms with Gasteiger partial charge in [-0.05, 0) is 12.5 Å². The van der Waals surface area contributed by atoms with Gasteiger partial charge in [0, 0.05) is 31.0 Å². The second-order valence-corrected chi connectivity index (χ2v) is 6.35. The van der Waals surface area contributed by atoms with Gasteiger partial charge in [-0.1, -0.05) is 41.6 Å². The Morgan fingerprint density at radius 2 is 2.14 bits per heavy atom. The molecule has 0 bridgehead atoms. The average molecular weight is 315 g/mol. The molecule has 2 aromatic rings. The van der Waals surface area contributed by atoms with E-state index in [2.05, 4.69) is 10.3 Å². The maximum atomic E-state index is 12.1. The molecule has 1 N–H and O–H groups in total. The van der Waals surface area contributed by atoms with Crippen LogP contribution in [0.3, 0.4) is 0 Å². The van der Waals surface area contributed by atoms with E-state index in [0.29, 0.717) is 23.9 Å². The molecule has 1 unspecified atom stereocenters. The zero-order chi connectivity index (χ0) is 15.5. The molecule has 0 saturated heterocycles. The number of nitrogens with zero attached hydrogens (tertiary/aromatic N) is 2. The smallest absolute Gasteiger partial charge is 0.254 e. The molecule has 5 nitrogen and oxygen atoms in total. The minimum atomic E-state index is -0.112. The fraction of sp³-hybridized carbons (Fsp3) is 0.312. The molecule has 6 heteroatoms. The first-order valence-electron chi connectivity index (χ1n) is 7.16. The molecule has 1 amide bonds. The van der Waals surface area contributed by atoms with Crippen LogP contribution in [0.1, 0.15) is 23.6 Å². The molecule has 0 fully saturated rings. The number of thioether (sulfide) groups is 1. The molecule has 0 radical (unpaired) electrons. The van der Waals surface area contributed by atoms with Gasteiger partial charge in [0.15, 0.2) is 5.16 Å². The van der Waals surface area contributed by atoms with Crippen LogP contribution in [0.4, 0.5) is 0 Å². The zero-order valence-electron chi connectivity index (χ0n) is 12.3. The molecule has 1 aromatic heterocycles. The van der Waals surface area contributed by atoms with E-state index in [1.54, 1.807) is 4.57 Å². The molecule has 0 spiro atoms. The second-order valence-electron chi connectivity index (χ2n) is 5.37. The summed E-state index contributed by atoms with van der Waals surface area (Å²) in [5, 5.41) is 3.61. The van der Waals surface area contributed by atoms with Crippen LogP contribution < -0.4 is 10.9 Å². The summed E-state index contributed by atoms with van der Waals surface area (Å²) in [4.78, 5) is 28.2. The van der Waals surface area contributed by atoms with E-state index >= 15 is 0 Å². The number of aromatic nitrogens is 2. The second kappa shape index (κ2) is 6.36. The first-order chi connectivity index (χ1) is 10.6. The molecule has 1 atom stereocenters. The largest absolute Gasteiger partial charge is 0.352 e. The molecule has 0 saturated carbocycles.